The highest BCUT2D eigenvalue weighted by atomic mass is 16.3. The molecule has 9 rings (SSSR count). The molecule has 0 aliphatic carbocycles. The Kier molecular flexibility index (Phi) is 5.33. The lowest BCUT2D eigenvalue weighted by Crippen LogP contribution is -2.02. The largest absolute Gasteiger partial charge is 0.464 e. The summed E-state index contributed by atoms with van der Waals surface area (Å²) < 4.78 is 23.6. The van der Waals surface area contributed by atoms with Gasteiger partial charge >= 0.3 is 0 Å². The fourth-order valence-electron chi connectivity index (χ4n) is 5.78. The van der Waals surface area contributed by atoms with Crippen molar-refractivity contribution in [2.24, 2.45) is 20.0 Å². The molecule has 0 fully saturated rings. The van der Waals surface area contributed by atoms with Gasteiger partial charge in [0.1, 0.15) is 23.0 Å². The van der Waals surface area contributed by atoms with Crippen LogP contribution in [0, 0.1) is 0 Å². The average Bonchev–Trinajstić information content (AvgIpc) is 3.90. The maximum Gasteiger partial charge on any atom is 0.138 e. The summed E-state index contributed by atoms with van der Waals surface area (Å²) in [5.74, 6) is 2.61. The molecule has 0 saturated heterocycles. The first-order chi connectivity index (χ1) is 21.8. The zero-order chi connectivity index (χ0) is 29.0. The SMILES string of the molecule is C1=CC2=C(c3ccco3)C3=NC(=C(c4ccco4)C4=NC(=C(c5ccco5)C5=NC(=C(c6ccco6)C1=N2)C=C5)C=C4)C=C3. The summed E-state index contributed by atoms with van der Waals surface area (Å²) in [5.41, 5.74) is 8.70. The average molecular weight is 573 g/mol. The van der Waals surface area contributed by atoms with Crippen molar-refractivity contribution in [1.82, 2.24) is 0 Å². The summed E-state index contributed by atoms with van der Waals surface area (Å²) in [6.07, 6.45) is 22.3. The van der Waals surface area contributed by atoms with Crippen LogP contribution < -0.4 is 0 Å². The molecular weight excluding hydrogens is 552 g/mol. The number of hydrogen-bond donors (Lipinski definition) is 0. The van der Waals surface area contributed by atoms with E-state index in [0.717, 1.165) is 22.3 Å². The van der Waals surface area contributed by atoms with Crippen molar-refractivity contribution in [2.45, 2.75) is 0 Å². The molecule has 0 N–H and O–H groups in total. The molecule has 0 atom stereocenters. The van der Waals surface area contributed by atoms with Crippen LogP contribution in [0.5, 0.6) is 0 Å². The van der Waals surface area contributed by atoms with Gasteiger partial charge < -0.3 is 17.7 Å². The van der Waals surface area contributed by atoms with Gasteiger partial charge in [-0.1, -0.05) is 0 Å². The fourth-order valence-corrected chi connectivity index (χ4v) is 5.78. The van der Waals surface area contributed by atoms with Gasteiger partial charge in [0, 0.05) is 0 Å². The Morgan fingerprint density at radius 2 is 0.568 bits per heavy atom. The third-order valence-corrected chi connectivity index (χ3v) is 7.68. The summed E-state index contributed by atoms with van der Waals surface area (Å²) in [5, 5.41) is 0. The topological polar surface area (TPSA) is 102 Å². The fraction of sp³-hybridized carbons (Fsp3) is 0. The summed E-state index contributed by atoms with van der Waals surface area (Å²) in [4.78, 5) is 20.4. The molecule has 8 bridgehead atoms. The van der Waals surface area contributed by atoms with Gasteiger partial charge in [0.05, 0.1) is 93.0 Å². The highest BCUT2D eigenvalue weighted by Gasteiger charge is 2.29. The minimum Gasteiger partial charge on any atom is -0.464 e. The van der Waals surface area contributed by atoms with Crippen molar-refractivity contribution in [3.05, 3.63) is 168 Å². The summed E-state index contributed by atoms with van der Waals surface area (Å²) in [6.45, 7) is 0. The van der Waals surface area contributed by atoms with Crippen molar-refractivity contribution in [1.29, 1.82) is 0 Å². The number of hydrogen-bond acceptors (Lipinski definition) is 8. The molecule has 4 aromatic heterocycles. The second-order valence-corrected chi connectivity index (χ2v) is 10.3. The van der Waals surface area contributed by atoms with Crippen LogP contribution in [-0.4, -0.2) is 22.8 Å². The summed E-state index contributed by atoms with van der Waals surface area (Å²) >= 11 is 0. The lowest BCUT2D eigenvalue weighted by Gasteiger charge is -2.09. The quantitative estimate of drug-likeness (QED) is 0.247. The Hall–Kier alpha value is -6.28. The van der Waals surface area contributed by atoms with Crippen LogP contribution in [0.3, 0.4) is 0 Å². The van der Waals surface area contributed by atoms with Crippen LogP contribution in [0.2, 0.25) is 0 Å². The third kappa shape index (κ3) is 3.85. The Morgan fingerprint density at radius 3 is 0.773 bits per heavy atom. The zero-order valence-electron chi connectivity index (χ0n) is 23.0. The molecule has 208 valence electrons. The predicted molar refractivity (Wildman–Crippen MR) is 169 cm³/mol. The number of nitrogens with zero attached hydrogens (tertiary/aromatic N) is 4. The van der Waals surface area contributed by atoms with E-state index >= 15 is 0 Å². The highest BCUT2D eigenvalue weighted by molar-refractivity contribution is 6.39. The molecule has 8 heteroatoms. The number of fused-ring (bicyclic) bond motifs is 4. The molecule has 4 aromatic rings. The standard InChI is InChI=1S/C36H20N4O4/c1-5-29(41-17-1)33-21-9-11-23(37-21)34(30-6-2-18-42-30)25-13-15-27(39-25)36(32-8-4-20-44-32)28-16-14-26(40-28)35(31-7-3-19-43-31)24-12-10-22(33)38-24/h1-20H. The van der Waals surface area contributed by atoms with Crippen molar-refractivity contribution in [2.75, 3.05) is 0 Å². The van der Waals surface area contributed by atoms with Crippen molar-refractivity contribution >= 4 is 45.1 Å². The Morgan fingerprint density at radius 1 is 0.318 bits per heavy atom. The molecule has 0 aromatic carbocycles. The van der Waals surface area contributed by atoms with Crippen LogP contribution in [-0.2, 0) is 0 Å². The minimum atomic E-state index is 0.652. The maximum atomic E-state index is 5.90. The Bertz CT molecular complexity index is 1890. The van der Waals surface area contributed by atoms with Gasteiger partial charge in [-0.25, -0.2) is 20.0 Å². The first-order valence-electron chi connectivity index (χ1n) is 14.0. The van der Waals surface area contributed by atoms with Gasteiger partial charge in [-0.05, 0) is 97.1 Å². The normalized spacial score (nSPS) is 18.7. The third-order valence-electron chi connectivity index (χ3n) is 7.68. The molecule has 0 unspecified atom stereocenters. The molecule has 5 aliphatic heterocycles. The van der Waals surface area contributed by atoms with Crippen LogP contribution in [0.25, 0.3) is 22.3 Å². The Labute approximate surface area is 250 Å². The predicted octanol–water partition coefficient (Wildman–Crippen LogP) is 8.06. The smallest absolute Gasteiger partial charge is 0.138 e. The van der Waals surface area contributed by atoms with E-state index in [1.807, 2.05) is 97.1 Å². The zero-order valence-corrected chi connectivity index (χ0v) is 23.0. The van der Waals surface area contributed by atoms with Crippen LogP contribution in [0.15, 0.2) is 183 Å². The molecule has 5 aliphatic rings. The van der Waals surface area contributed by atoms with Crippen molar-refractivity contribution in [3.8, 4) is 0 Å². The molecule has 8 nitrogen and oxygen atoms in total. The van der Waals surface area contributed by atoms with E-state index in [-0.39, 0.29) is 0 Å². The molecule has 44 heavy (non-hydrogen) atoms. The monoisotopic (exact) mass is 572 g/mol. The molecule has 0 saturated carbocycles. The van der Waals surface area contributed by atoms with E-state index < -0.39 is 0 Å². The molecule has 0 spiro atoms. The van der Waals surface area contributed by atoms with Crippen LogP contribution in [0.1, 0.15) is 23.0 Å². The van der Waals surface area contributed by atoms with Gasteiger partial charge in [0.15, 0.2) is 0 Å². The van der Waals surface area contributed by atoms with E-state index in [4.69, 9.17) is 37.6 Å². The van der Waals surface area contributed by atoms with Gasteiger partial charge in [-0.3, -0.25) is 0 Å². The number of rotatable bonds is 4. The Balaban J connectivity index is 1.37. The van der Waals surface area contributed by atoms with Gasteiger partial charge in [0.25, 0.3) is 0 Å². The summed E-state index contributed by atoms with van der Waals surface area (Å²) in [7, 11) is 0. The van der Waals surface area contributed by atoms with Crippen LogP contribution >= 0.6 is 0 Å². The molecule has 9 heterocycles. The van der Waals surface area contributed by atoms with Gasteiger partial charge in [0.2, 0.25) is 0 Å². The molecule has 0 amide bonds. The van der Waals surface area contributed by atoms with Crippen LogP contribution in [0.4, 0.5) is 0 Å². The van der Waals surface area contributed by atoms with Gasteiger partial charge in [-0.2, -0.15) is 0 Å². The first kappa shape index (κ1) is 24.3. The van der Waals surface area contributed by atoms with E-state index in [9.17, 15) is 0 Å². The van der Waals surface area contributed by atoms with Gasteiger partial charge in [-0.15, -0.1) is 0 Å². The molecular formula is C36H20N4O4. The first-order valence-corrected chi connectivity index (χ1v) is 14.0. The molecule has 0 radical (unpaired) electrons. The lowest BCUT2D eigenvalue weighted by atomic mass is 10.0. The van der Waals surface area contributed by atoms with Crippen molar-refractivity contribution < 1.29 is 17.7 Å². The van der Waals surface area contributed by atoms with E-state index in [2.05, 4.69) is 0 Å². The number of aliphatic imine (C=N–C) groups is 4. The van der Waals surface area contributed by atoms with E-state index in [0.29, 0.717) is 68.7 Å². The second-order valence-electron chi connectivity index (χ2n) is 10.3. The summed E-state index contributed by atoms with van der Waals surface area (Å²) in [6, 6.07) is 15.1. The second kappa shape index (κ2) is 9.64. The number of allylic oxidation sites excluding steroid dienone is 12. The number of furan rings is 4. The highest BCUT2D eigenvalue weighted by Crippen LogP contribution is 2.38. The maximum absolute atomic E-state index is 5.90. The van der Waals surface area contributed by atoms with E-state index in [1.54, 1.807) is 25.1 Å². The minimum absolute atomic E-state index is 0.652. The van der Waals surface area contributed by atoms with Crippen molar-refractivity contribution in [3.63, 3.8) is 0 Å². The van der Waals surface area contributed by atoms with E-state index in [1.165, 1.54) is 0 Å². The lowest BCUT2D eigenvalue weighted by molar-refractivity contribution is 0.554.